The zero-order valence-electron chi connectivity index (χ0n) is 26.9. The van der Waals surface area contributed by atoms with Crippen LogP contribution in [-0.4, -0.2) is 91.1 Å². The number of phenolic OH excluding ortho intramolecular Hbond substituents is 1. The number of hydrogen-bond donors (Lipinski definition) is 4. The fourth-order valence-corrected chi connectivity index (χ4v) is 5.71. The van der Waals surface area contributed by atoms with Gasteiger partial charge in [-0.05, 0) is 63.0 Å². The fourth-order valence-electron chi connectivity index (χ4n) is 4.62. The Morgan fingerprint density at radius 1 is 1.00 bits per heavy atom. The van der Waals surface area contributed by atoms with Crippen LogP contribution in [-0.2, 0) is 32.0 Å². The van der Waals surface area contributed by atoms with Crippen molar-refractivity contribution in [2.75, 3.05) is 44.6 Å². The molecular weight excluding hydrogens is 706 g/mol. The smallest absolute Gasteiger partial charge is 0.458 e. The van der Waals surface area contributed by atoms with E-state index in [1.54, 1.807) is 17.4 Å². The number of ether oxygens (including phenoxy) is 1. The van der Waals surface area contributed by atoms with Gasteiger partial charge in [-0.1, -0.05) is 37.4 Å². The lowest BCUT2D eigenvalue weighted by molar-refractivity contribution is -0.193. The second-order valence-electron chi connectivity index (χ2n) is 11.0. The Bertz CT molecular complexity index is 1400. The standard InChI is InChI=1S/C27H39ClN4O4S.C4F6O2/c1-3-4-5-19(2)32(25(35)12-15-29-14-11-21-7-9-23(28)37-21)17-16-30-13-10-20-6-8-22(33)26-27(20)36-18-24(34)31-26;5-3(6,7)1(11)2(12)4(8,9)10/h6-9,19,29-30,33H,3-5,10-18H2,1-2H3,(H,31,34);/t19-;/m1./s1. The SMILES string of the molecule is CCCC[C@@H](C)N(CCNCCc1ccc(O)c2c1OCC(=O)N2)C(=O)CCNCCc1ccc(Cl)s1.O=C(C(=O)C(F)(F)F)C(F)(F)F. The number of thiophene rings is 1. The highest BCUT2D eigenvalue weighted by Gasteiger charge is 2.54. The van der Waals surface area contributed by atoms with Gasteiger partial charge in [-0.3, -0.25) is 19.2 Å². The van der Waals surface area contributed by atoms with Crippen LogP contribution in [0.25, 0.3) is 0 Å². The quantitative estimate of drug-likeness (QED) is 0.0727. The monoisotopic (exact) mass is 744 g/mol. The fraction of sp³-hybridized carbons (Fsp3) is 0.548. The molecule has 0 spiro atoms. The topological polar surface area (TPSA) is 137 Å². The average molecular weight is 745 g/mol. The highest BCUT2D eigenvalue weighted by atomic mass is 35.5. The number of carbonyl (C=O) groups excluding carboxylic acids is 4. The van der Waals surface area contributed by atoms with Gasteiger partial charge in [-0.2, -0.15) is 26.3 Å². The predicted molar refractivity (Wildman–Crippen MR) is 172 cm³/mol. The summed E-state index contributed by atoms with van der Waals surface area (Å²) >= 11 is 7.58. The first-order chi connectivity index (χ1) is 22.9. The summed E-state index contributed by atoms with van der Waals surface area (Å²) in [5.74, 6) is -6.39. The molecule has 4 N–H and O–H groups in total. The van der Waals surface area contributed by atoms with Crippen molar-refractivity contribution in [1.82, 2.24) is 15.5 Å². The van der Waals surface area contributed by atoms with Gasteiger partial charge in [0.2, 0.25) is 5.91 Å². The maximum absolute atomic E-state index is 13.1. The number of nitrogens with zero attached hydrogens (tertiary/aromatic N) is 1. The summed E-state index contributed by atoms with van der Waals surface area (Å²) in [4.78, 5) is 47.1. The molecule has 0 bridgehead atoms. The number of carbonyl (C=O) groups is 4. The number of amides is 2. The normalized spacial score (nSPS) is 13.4. The van der Waals surface area contributed by atoms with Crippen molar-refractivity contribution < 1.29 is 55.4 Å². The first-order valence-corrected chi connectivity index (χ1v) is 16.6. The van der Waals surface area contributed by atoms with Crippen LogP contribution < -0.4 is 20.7 Å². The molecule has 18 heteroatoms. The molecule has 274 valence electrons. The van der Waals surface area contributed by atoms with E-state index in [4.69, 9.17) is 16.3 Å². The number of rotatable bonds is 17. The van der Waals surface area contributed by atoms with Gasteiger partial charge >= 0.3 is 23.9 Å². The molecule has 0 saturated carbocycles. The van der Waals surface area contributed by atoms with Crippen molar-refractivity contribution >= 4 is 52.0 Å². The third-order valence-corrected chi connectivity index (χ3v) is 8.46. The molecular formula is C31H39ClF6N4O6S. The van der Waals surface area contributed by atoms with Crippen LogP contribution in [0.4, 0.5) is 32.0 Å². The van der Waals surface area contributed by atoms with E-state index in [1.807, 2.05) is 23.1 Å². The molecule has 2 heterocycles. The summed E-state index contributed by atoms with van der Waals surface area (Å²) < 4.78 is 73.3. The molecule has 1 aromatic carbocycles. The number of unbranched alkanes of at least 4 members (excludes halogenated alkanes) is 1. The minimum absolute atomic E-state index is 0.000360. The van der Waals surface area contributed by atoms with Crippen LogP contribution in [0.5, 0.6) is 11.5 Å². The van der Waals surface area contributed by atoms with Crippen LogP contribution in [0.2, 0.25) is 4.34 Å². The van der Waals surface area contributed by atoms with E-state index >= 15 is 0 Å². The Morgan fingerprint density at radius 2 is 1.63 bits per heavy atom. The Kier molecular flexibility index (Phi) is 16.8. The van der Waals surface area contributed by atoms with E-state index in [9.17, 15) is 50.6 Å². The van der Waals surface area contributed by atoms with E-state index in [0.29, 0.717) is 50.5 Å². The van der Waals surface area contributed by atoms with E-state index in [-0.39, 0.29) is 30.2 Å². The second kappa shape index (κ2) is 19.7. The first kappa shape index (κ1) is 41.8. The first-order valence-electron chi connectivity index (χ1n) is 15.4. The average Bonchev–Trinajstić information content (AvgIpc) is 3.45. The molecule has 2 aromatic rings. The molecule has 3 rings (SSSR count). The largest absolute Gasteiger partial charge is 0.506 e. The summed E-state index contributed by atoms with van der Waals surface area (Å²) in [6.45, 7) is 7.76. The zero-order valence-corrected chi connectivity index (χ0v) is 28.4. The number of halogens is 7. The molecule has 0 unspecified atom stereocenters. The molecule has 1 aromatic heterocycles. The van der Waals surface area contributed by atoms with Gasteiger partial charge in [0, 0.05) is 37.0 Å². The number of nitrogens with one attached hydrogen (secondary N) is 3. The summed E-state index contributed by atoms with van der Waals surface area (Å²) in [6.07, 6.45) is -6.27. The molecule has 0 fully saturated rings. The summed E-state index contributed by atoms with van der Waals surface area (Å²) in [7, 11) is 0. The number of anilines is 1. The van der Waals surface area contributed by atoms with Crippen molar-refractivity contribution in [3.8, 4) is 11.5 Å². The van der Waals surface area contributed by atoms with Gasteiger partial charge in [0.05, 0.1) is 4.34 Å². The van der Waals surface area contributed by atoms with E-state index in [0.717, 1.165) is 42.1 Å². The molecule has 1 aliphatic heterocycles. The molecule has 10 nitrogen and oxygen atoms in total. The van der Waals surface area contributed by atoms with Gasteiger partial charge in [0.15, 0.2) is 12.4 Å². The second-order valence-corrected chi connectivity index (χ2v) is 12.8. The van der Waals surface area contributed by atoms with Gasteiger partial charge < -0.3 is 30.7 Å². The predicted octanol–water partition coefficient (Wildman–Crippen LogP) is 5.45. The number of phenols is 1. The van der Waals surface area contributed by atoms with Gasteiger partial charge in [-0.15, -0.1) is 11.3 Å². The van der Waals surface area contributed by atoms with Crippen LogP contribution in [0.15, 0.2) is 24.3 Å². The molecule has 2 amide bonds. The summed E-state index contributed by atoms with van der Waals surface area (Å²) in [5, 5.41) is 19.5. The zero-order chi connectivity index (χ0) is 36.8. The van der Waals surface area contributed by atoms with Crippen LogP contribution in [0, 0.1) is 0 Å². The van der Waals surface area contributed by atoms with E-state index in [2.05, 4.69) is 29.8 Å². The number of ketones is 2. The summed E-state index contributed by atoms with van der Waals surface area (Å²) in [5.41, 5.74) is 1.25. The Labute approximate surface area is 288 Å². The van der Waals surface area contributed by atoms with Crippen molar-refractivity contribution in [2.45, 2.75) is 70.8 Å². The molecule has 49 heavy (non-hydrogen) atoms. The molecule has 1 aliphatic rings. The molecule has 0 saturated heterocycles. The number of Topliss-reactive ketones (excluding diaryl/α,β-unsaturated/α-hetero) is 2. The van der Waals surface area contributed by atoms with Crippen molar-refractivity contribution in [3.05, 3.63) is 39.0 Å². The highest BCUT2D eigenvalue weighted by molar-refractivity contribution is 7.16. The van der Waals surface area contributed by atoms with Crippen molar-refractivity contribution in [3.63, 3.8) is 0 Å². The number of fused-ring (bicyclic) bond motifs is 1. The Balaban J connectivity index is 0.000000591. The number of benzene rings is 1. The van der Waals surface area contributed by atoms with Gasteiger partial charge in [0.25, 0.3) is 5.91 Å². The third-order valence-electron chi connectivity index (χ3n) is 7.17. The number of alkyl halides is 6. The Hall–Kier alpha value is -3.41. The Morgan fingerprint density at radius 3 is 2.22 bits per heavy atom. The lowest BCUT2D eigenvalue weighted by atomic mass is 10.1. The van der Waals surface area contributed by atoms with Crippen molar-refractivity contribution in [2.24, 2.45) is 0 Å². The minimum atomic E-state index is -5.77. The number of aromatic hydroxyl groups is 1. The lowest BCUT2D eigenvalue weighted by Gasteiger charge is -2.30. The molecule has 0 aliphatic carbocycles. The van der Waals surface area contributed by atoms with Crippen LogP contribution in [0.3, 0.4) is 0 Å². The van der Waals surface area contributed by atoms with Gasteiger partial charge in [-0.25, -0.2) is 0 Å². The lowest BCUT2D eigenvalue weighted by Crippen LogP contribution is -2.43. The maximum Gasteiger partial charge on any atom is 0.458 e. The maximum atomic E-state index is 13.1. The highest BCUT2D eigenvalue weighted by Crippen LogP contribution is 2.39. The molecule has 0 radical (unpaired) electrons. The van der Waals surface area contributed by atoms with E-state index in [1.165, 1.54) is 4.88 Å². The van der Waals surface area contributed by atoms with Crippen LogP contribution in [0.1, 0.15) is 50.0 Å². The summed E-state index contributed by atoms with van der Waals surface area (Å²) in [6, 6.07) is 7.55. The van der Waals surface area contributed by atoms with Crippen LogP contribution >= 0.6 is 22.9 Å². The van der Waals surface area contributed by atoms with Gasteiger partial charge in [0.1, 0.15) is 11.4 Å². The third kappa shape index (κ3) is 14.2. The number of hydrogen-bond acceptors (Lipinski definition) is 9. The van der Waals surface area contributed by atoms with Crippen molar-refractivity contribution in [1.29, 1.82) is 0 Å². The minimum Gasteiger partial charge on any atom is -0.506 e. The molecule has 1 atom stereocenters. The van der Waals surface area contributed by atoms with E-state index < -0.39 is 23.9 Å².